The second-order valence-corrected chi connectivity index (χ2v) is 7.61. The molecule has 0 radical (unpaired) electrons. The van der Waals surface area contributed by atoms with E-state index in [1.54, 1.807) is 6.07 Å². The Hall–Kier alpha value is -2.59. The van der Waals surface area contributed by atoms with Gasteiger partial charge >= 0.3 is 5.63 Å². The number of aryl methyl sites for hydroxylation is 1. The number of fused-ring (bicyclic) bond motifs is 2. The first-order valence-corrected chi connectivity index (χ1v) is 9.43. The molecule has 27 heavy (non-hydrogen) atoms. The molecule has 2 heterocycles. The lowest BCUT2D eigenvalue weighted by atomic mass is 9.90. The van der Waals surface area contributed by atoms with Crippen LogP contribution in [0.2, 0.25) is 0 Å². The average molecular weight is 364 g/mol. The second-order valence-electron chi connectivity index (χ2n) is 7.61. The van der Waals surface area contributed by atoms with Gasteiger partial charge < -0.3 is 13.9 Å². The van der Waals surface area contributed by atoms with Gasteiger partial charge in [0.2, 0.25) is 0 Å². The molecule has 0 unspecified atom stereocenters. The summed E-state index contributed by atoms with van der Waals surface area (Å²) in [7, 11) is 0. The average Bonchev–Trinajstić information content (AvgIpc) is 2.64. The van der Waals surface area contributed by atoms with Crippen molar-refractivity contribution in [1.29, 1.82) is 0 Å². The Bertz CT molecular complexity index is 988. The Morgan fingerprint density at radius 1 is 1.11 bits per heavy atom. The van der Waals surface area contributed by atoms with Crippen molar-refractivity contribution in [2.45, 2.75) is 44.8 Å². The molecular formula is C23H24O4. The van der Waals surface area contributed by atoms with Gasteiger partial charge in [-0.15, -0.1) is 0 Å². The minimum absolute atomic E-state index is 0.0195. The Kier molecular flexibility index (Phi) is 4.75. The molecular weight excluding hydrogens is 340 g/mol. The van der Waals surface area contributed by atoms with Crippen molar-refractivity contribution in [3.63, 3.8) is 0 Å². The molecule has 0 fully saturated rings. The van der Waals surface area contributed by atoms with E-state index in [9.17, 15) is 4.79 Å². The fourth-order valence-corrected chi connectivity index (χ4v) is 3.60. The molecule has 1 aliphatic heterocycles. The van der Waals surface area contributed by atoms with Crippen molar-refractivity contribution in [3.05, 3.63) is 76.1 Å². The van der Waals surface area contributed by atoms with Gasteiger partial charge in [0.25, 0.3) is 0 Å². The predicted octanol–water partition coefficient (Wildman–Crippen LogP) is 4.52. The topological polar surface area (TPSA) is 48.7 Å². The van der Waals surface area contributed by atoms with Crippen LogP contribution in [0.1, 0.15) is 31.4 Å². The fraction of sp³-hybridized carbons (Fsp3) is 0.348. The highest BCUT2D eigenvalue weighted by Crippen LogP contribution is 2.37. The van der Waals surface area contributed by atoms with Crippen LogP contribution < -0.4 is 10.4 Å². The minimum Gasteiger partial charge on any atom is -0.485 e. The molecule has 0 aliphatic carbocycles. The van der Waals surface area contributed by atoms with E-state index in [1.165, 1.54) is 11.6 Å². The SMILES string of the molecule is CC1(C)Oc2cc3oc(=O)ccc3cc2C[C@@H]1OCCCc1ccccc1. The molecule has 1 aromatic heterocycles. The van der Waals surface area contributed by atoms with Crippen molar-refractivity contribution in [1.82, 2.24) is 0 Å². The van der Waals surface area contributed by atoms with Gasteiger partial charge in [-0.25, -0.2) is 4.79 Å². The van der Waals surface area contributed by atoms with Crippen LogP contribution in [0.15, 0.2) is 63.8 Å². The summed E-state index contributed by atoms with van der Waals surface area (Å²) in [6.07, 6.45) is 2.75. The number of rotatable bonds is 5. The van der Waals surface area contributed by atoms with Crippen LogP contribution in [0.3, 0.4) is 0 Å². The molecule has 0 bridgehead atoms. The van der Waals surface area contributed by atoms with E-state index in [0.29, 0.717) is 12.2 Å². The first-order chi connectivity index (χ1) is 13.0. The first-order valence-electron chi connectivity index (χ1n) is 9.43. The maximum absolute atomic E-state index is 11.5. The van der Waals surface area contributed by atoms with Crippen LogP contribution in [0.4, 0.5) is 0 Å². The summed E-state index contributed by atoms with van der Waals surface area (Å²) < 4.78 is 17.7. The summed E-state index contributed by atoms with van der Waals surface area (Å²) in [5.74, 6) is 0.769. The van der Waals surface area contributed by atoms with Gasteiger partial charge in [-0.05, 0) is 49.9 Å². The summed E-state index contributed by atoms with van der Waals surface area (Å²) >= 11 is 0. The summed E-state index contributed by atoms with van der Waals surface area (Å²) in [6, 6.07) is 17.5. The van der Waals surface area contributed by atoms with Crippen LogP contribution in [0, 0.1) is 0 Å². The summed E-state index contributed by atoms with van der Waals surface area (Å²) in [5.41, 5.74) is 2.18. The van der Waals surface area contributed by atoms with Crippen LogP contribution >= 0.6 is 0 Å². The van der Waals surface area contributed by atoms with E-state index < -0.39 is 5.60 Å². The van der Waals surface area contributed by atoms with Crippen molar-refractivity contribution in [2.24, 2.45) is 0 Å². The highest BCUT2D eigenvalue weighted by Gasteiger charge is 2.38. The molecule has 3 aromatic rings. The Morgan fingerprint density at radius 3 is 2.74 bits per heavy atom. The summed E-state index contributed by atoms with van der Waals surface area (Å²) in [4.78, 5) is 11.5. The Labute approximate surface area is 158 Å². The standard InChI is InChI=1S/C23H24O4/c1-23(2)21(25-12-6-9-16-7-4-3-5-8-16)14-18-13-17-10-11-22(24)26-19(17)15-20(18)27-23/h3-5,7-8,10-11,13,15,21H,6,9,12,14H2,1-2H3/t21-/m0/s1. The molecule has 4 rings (SSSR count). The normalized spacial score (nSPS) is 18.1. The lowest BCUT2D eigenvalue weighted by Crippen LogP contribution is -2.48. The smallest absolute Gasteiger partial charge is 0.336 e. The summed E-state index contributed by atoms with van der Waals surface area (Å²) in [6.45, 7) is 4.79. The molecule has 0 spiro atoms. The van der Waals surface area contributed by atoms with Crippen molar-refractivity contribution in [2.75, 3.05) is 6.61 Å². The molecule has 0 amide bonds. The third-order valence-electron chi connectivity index (χ3n) is 5.13. The van der Waals surface area contributed by atoms with Crippen molar-refractivity contribution >= 4 is 11.0 Å². The van der Waals surface area contributed by atoms with Gasteiger partial charge in [0.05, 0.1) is 0 Å². The zero-order valence-electron chi connectivity index (χ0n) is 15.7. The van der Waals surface area contributed by atoms with E-state index in [0.717, 1.165) is 36.0 Å². The van der Waals surface area contributed by atoms with E-state index >= 15 is 0 Å². The van der Waals surface area contributed by atoms with Gasteiger partial charge in [0.1, 0.15) is 23.0 Å². The van der Waals surface area contributed by atoms with Gasteiger partial charge in [0, 0.05) is 30.5 Å². The number of hydrogen-bond donors (Lipinski definition) is 0. The molecule has 1 aliphatic rings. The van der Waals surface area contributed by atoms with Crippen LogP contribution in [0.5, 0.6) is 5.75 Å². The maximum Gasteiger partial charge on any atom is 0.336 e. The summed E-state index contributed by atoms with van der Waals surface area (Å²) in [5, 5.41) is 0.902. The van der Waals surface area contributed by atoms with Gasteiger partial charge in [0.15, 0.2) is 0 Å². The van der Waals surface area contributed by atoms with E-state index in [4.69, 9.17) is 13.9 Å². The molecule has 1 atom stereocenters. The highest BCUT2D eigenvalue weighted by molar-refractivity contribution is 5.79. The molecule has 0 saturated heterocycles. The largest absolute Gasteiger partial charge is 0.485 e. The lowest BCUT2D eigenvalue weighted by Gasteiger charge is -2.39. The highest BCUT2D eigenvalue weighted by atomic mass is 16.6. The number of benzene rings is 2. The zero-order valence-corrected chi connectivity index (χ0v) is 15.7. The van der Waals surface area contributed by atoms with Gasteiger partial charge in [-0.1, -0.05) is 30.3 Å². The zero-order chi connectivity index (χ0) is 18.9. The molecule has 140 valence electrons. The van der Waals surface area contributed by atoms with Crippen LogP contribution in [-0.2, 0) is 17.6 Å². The Balaban J connectivity index is 1.45. The number of hydrogen-bond acceptors (Lipinski definition) is 4. The van der Waals surface area contributed by atoms with E-state index in [1.807, 2.05) is 32.0 Å². The van der Waals surface area contributed by atoms with Crippen LogP contribution in [0.25, 0.3) is 11.0 Å². The first kappa shape index (κ1) is 17.8. The van der Waals surface area contributed by atoms with E-state index in [-0.39, 0.29) is 11.7 Å². The predicted molar refractivity (Wildman–Crippen MR) is 105 cm³/mol. The number of ether oxygens (including phenoxy) is 2. The molecule has 0 N–H and O–H groups in total. The second kappa shape index (κ2) is 7.20. The van der Waals surface area contributed by atoms with Gasteiger partial charge in [-0.3, -0.25) is 0 Å². The van der Waals surface area contributed by atoms with Crippen molar-refractivity contribution < 1.29 is 13.9 Å². The lowest BCUT2D eigenvalue weighted by molar-refractivity contribution is -0.0839. The quantitative estimate of drug-likeness (QED) is 0.493. The molecule has 4 nitrogen and oxygen atoms in total. The van der Waals surface area contributed by atoms with Crippen molar-refractivity contribution in [3.8, 4) is 5.75 Å². The fourth-order valence-electron chi connectivity index (χ4n) is 3.60. The van der Waals surface area contributed by atoms with Crippen LogP contribution in [-0.4, -0.2) is 18.3 Å². The third kappa shape index (κ3) is 3.91. The van der Waals surface area contributed by atoms with E-state index in [2.05, 4.69) is 24.3 Å². The molecule has 0 saturated carbocycles. The molecule has 2 aromatic carbocycles. The minimum atomic E-state index is -0.442. The maximum atomic E-state index is 11.5. The third-order valence-corrected chi connectivity index (χ3v) is 5.13. The Morgan fingerprint density at radius 2 is 1.93 bits per heavy atom. The molecule has 4 heteroatoms. The monoisotopic (exact) mass is 364 g/mol. The van der Waals surface area contributed by atoms with Gasteiger partial charge in [-0.2, -0.15) is 0 Å².